The second-order valence-corrected chi connectivity index (χ2v) is 8.56. The minimum absolute atomic E-state index is 0.795. The maximum absolute atomic E-state index is 4.72. The SMILES string of the molecule is Cc1ccc(CNc2ccc(N3CCCCCC3)nc2)cc1-c1cccc(C)c1C. The topological polar surface area (TPSA) is 28.2 Å². The van der Waals surface area contributed by atoms with Crippen molar-refractivity contribution in [3.8, 4) is 11.1 Å². The van der Waals surface area contributed by atoms with E-state index in [1.54, 1.807) is 0 Å². The molecule has 2 aromatic carbocycles. The minimum atomic E-state index is 0.795. The number of rotatable bonds is 5. The van der Waals surface area contributed by atoms with E-state index in [0.29, 0.717) is 0 Å². The number of hydrogen-bond acceptors (Lipinski definition) is 3. The molecule has 0 unspecified atom stereocenters. The van der Waals surface area contributed by atoms with Crippen LogP contribution >= 0.6 is 0 Å². The molecule has 1 aliphatic rings. The molecule has 1 aliphatic heterocycles. The molecule has 0 aliphatic carbocycles. The quantitative estimate of drug-likeness (QED) is 0.519. The average molecular weight is 400 g/mol. The maximum atomic E-state index is 4.72. The van der Waals surface area contributed by atoms with Crippen LogP contribution in [-0.2, 0) is 6.54 Å². The summed E-state index contributed by atoms with van der Waals surface area (Å²) in [6.07, 6.45) is 7.21. The van der Waals surface area contributed by atoms with Gasteiger partial charge in [-0.15, -0.1) is 0 Å². The van der Waals surface area contributed by atoms with Crippen molar-refractivity contribution in [2.75, 3.05) is 23.3 Å². The van der Waals surface area contributed by atoms with Gasteiger partial charge in [-0.25, -0.2) is 4.98 Å². The number of benzene rings is 2. The Morgan fingerprint density at radius 2 is 1.63 bits per heavy atom. The second-order valence-electron chi connectivity index (χ2n) is 8.56. The van der Waals surface area contributed by atoms with Gasteiger partial charge in [0.1, 0.15) is 5.82 Å². The summed E-state index contributed by atoms with van der Waals surface area (Å²) < 4.78 is 0. The van der Waals surface area contributed by atoms with Crippen LogP contribution in [0.3, 0.4) is 0 Å². The van der Waals surface area contributed by atoms with Crippen molar-refractivity contribution >= 4 is 11.5 Å². The number of aromatic nitrogens is 1. The maximum Gasteiger partial charge on any atom is 0.128 e. The number of aryl methyl sites for hydroxylation is 2. The highest BCUT2D eigenvalue weighted by atomic mass is 15.2. The summed E-state index contributed by atoms with van der Waals surface area (Å²) in [6.45, 7) is 9.64. The third-order valence-corrected chi connectivity index (χ3v) is 6.37. The predicted molar refractivity (Wildman–Crippen MR) is 128 cm³/mol. The van der Waals surface area contributed by atoms with Crippen molar-refractivity contribution in [2.45, 2.75) is 53.0 Å². The van der Waals surface area contributed by atoms with Crippen LogP contribution in [0, 0.1) is 20.8 Å². The second kappa shape index (κ2) is 9.34. The van der Waals surface area contributed by atoms with Gasteiger partial charge in [0.15, 0.2) is 0 Å². The molecule has 30 heavy (non-hydrogen) atoms. The van der Waals surface area contributed by atoms with Gasteiger partial charge in [0.05, 0.1) is 11.9 Å². The van der Waals surface area contributed by atoms with Crippen LogP contribution < -0.4 is 10.2 Å². The number of nitrogens with one attached hydrogen (secondary N) is 1. The van der Waals surface area contributed by atoms with Crippen LogP contribution in [0.25, 0.3) is 11.1 Å². The van der Waals surface area contributed by atoms with Gasteiger partial charge in [0, 0.05) is 19.6 Å². The summed E-state index contributed by atoms with van der Waals surface area (Å²) in [5, 5.41) is 3.55. The third-order valence-electron chi connectivity index (χ3n) is 6.37. The molecule has 1 fully saturated rings. The van der Waals surface area contributed by atoms with Gasteiger partial charge in [0.2, 0.25) is 0 Å². The van der Waals surface area contributed by atoms with E-state index in [2.05, 4.69) is 79.5 Å². The first-order chi connectivity index (χ1) is 14.6. The monoisotopic (exact) mass is 399 g/mol. The molecule has 1 saturated heterocycles. The van der Waals surface area contributed by atoms with E-state index in [0.717, 1.165) is 31.1 Å². The number of hydrogen-bond donors (Lipinski definition) is 1. The van der Waals surface area contributed by atoms with E-state index in [9.17, 15) is 0 Å². The zero-order chi connectivity index (χ0) is 20.9. The Hall–Kier alpha value is -2.81. The molecule has 4 rings (SSSR count). The van der Waals surface area contributed by atoms with Crippen LogP contribution in [-0.4, -0.2) is 18.1 Å². The van der Waals surface area contributed by atoms with Gasteiger partial charge in [-0.2, -0.15) is 0 Å². The van der Waals surface area contributed by atoms with Crippen molar-refractivity contribution in [2.24, 2.45) is 0 Å². The van der Waals surface area contributed by atoms with Crippen molar-refractivity contribution in [3.05, 3.63) is 77.0 Å². The van der Waals surface area contributed by atoms with Gasteiger partial charge < -0.3 is 10.2 Å². The highest BCUT2D eigenvalue weighted by Crippen LogP contribution is 2.29. The standard InChI is InChI=1S/C27H33N3/c1-20-9-8-10-25(22(20)3)26-17-23(12-11-21(26)2)18-28-24-13-14-27(29-19-24)30-15-6-4-5-7-16-30/h8-14,17,19,28H,4-7,15-16,18H2,1-3H3. The normalized spacial score (nSPS) is 14.4. The van der Waals surface area contributed by atoms with Gasteiger partial charge in [0.25, 0.3) is 0 Å². The summed E-state index contributed by atoms with van der Waals surface area (Å²) in [5.74, 6) is 1.11. The molecule has 0 saturated carbocycles. The van der Waals surface area contributed by atoms with Crippen LogP contribution in [0.15, 0.2) is 54.7 Å². The van der Waals surface area contributed by atoms with E-state index >= 15 is 0 Å². The lowest BCUT2D eigenvalue weighted by Crippen LogP contribution is -2.24. The average Bonchev–Trinajstić information content (AvgIpc) is 3.05. The van der Waals surface area contributed by atoms with E-state index in [-0.39, 0.29) is 0 Å². The number of pyridine rings is 1. The van der Waals surface area contributed by atoms with Gasteiger partial charge >= 0.3 is 0 Å². The van der Waals surface area contributed by atoms with Crippen LogP contribution in [0.5, 0.6) is 0 Å². The van der Waals surface area contributed by atoms with Crippen LogP contribution in [0.1, 0.15) is 47.9 Å². The molecule has 1 N–H and O–H groups in total. The van der Waals surface area contributed by atoms with Crippen molar-refractivity contribution in [1.82, 2.24) is 4.98 Å². The largest absolute Gasteiger partial charge is 0.380 e. The summed E-state index contributed by atoms with van der Waals surface area (Å²) in [7, 11) is 0. The zero-order valence-electron chi connectivity index (χ0n) is 18.5. The zero-order valence-corrected chi connectivity index (χ0v) is 18.5. The fourth-order valence-corrected chi connectivity index (χ4v) is 4.29. The Kier molecular flexibility index (Phi) is 6.37. The van der Waals surface area contributed by atoms with E-state index in [1.807, 2.05) is 6.20 Å². The molecular weight excluding hydrogens is 366 g/mol. The van der Waals surface area contributed by atoms with Crippen molar-refractivity contribution in [1.29, 1.82) is 0 Å². The van der Waals surface area contributed by atoms with Gasteiger partial charge in [-0.1, -0.05) is 43.2 Å². The molecule has 0 spiro atoms. The Bertz CT molecular complexity index is 983. The lowest BCUT2D eigenvalue weighted by molar-refractivity contribution is 0.726. The minimum Gasteiger partial charge on any atom is -0.380 e. The Morgan fingerprint density at radius 1 is 0.833 bits per heavy atom. The molecule has 1 aromatic heterocycles. The predicted octanol–water partition coefficient (Wildman–Crippen LogP) is 6.67. The number of nitrogens with zero attached hydrogens (tertiary/aromatic N) is 2. The lowest BCUT2D eigenvalue weighted by Gasteiger charge is -2.21. The molecular formula is C27H33N3. The molecule has 3 heteroatoms. The number of anilines is 2. The van der Waals surface area contributed by atoms with E-state index in [1.165, 1.54) is 59.1 Å². The third kappa shape index (κ3) is 4.67. The van der Waals surface area contributed by atoms with Crippen molar-refractivity contribution < 1.29 is 0 Å². The fraction of sp³-hybridized carbons (Fsp3) is 0.370. The van der Waals surface area contributed by atoms with Crippen LogP contribution in [0.4, 0.5) is 11.5 Å². The Morgan fingerprint density at radius 3 is 2.37 bits per heavy atom. The summed E-state index contributed by atoms with van der Waals surface area (Å²) in [5.41, 5.74) is 9.03. The van der Waals surface area contributed by atoms with E-state index < -0.39 is 0 Å². The van der Waals surface area contributed by atoms with Crippen LogP contribution in [0.2, 0.25) is 0 Å². The molecule has 3 aromatic rings. The first-order valence-electron chi connectivity index (χ1n) is 11.2. The van der Waals surface area contributed by atoms with Gasteiger partial charge in [-0.05, 0) is 85.2 Å². The molecule has 2 heterocycles. The molecule has 0 amide bonds. The highest BCUT2D eigenvalue weighted by Gasteiger charge is 2.11. The van der Waals surface area contributed by atoms with E-state index in [4.69, 9.17) is 4.98 Å². The molecule has 0 atom stereocenters. The Balaban J connectivity index is 1.45. The smallest absolute Gasteiger partial charge is 0.128 e. The summed E-state index contributed by atoms with van der Waals surface area (Å²) >= 11 is 0. The first kappa shape index (κ1) is 20.5. The molecule has 3 nitrogen and oxygen atoms in total. The molecule has 0 bridgehead atoms. The highest BCUT2D eigenvalue weighted by molar-refractivity contribution is 5.72. The Labute approximate surface area is 181 Å². The van der Waals surface area contributed by atoms with Gasteiger partial charge in [-0.3, -0.25) is 0 Å². The first-order valence-corrected chi connectivity index (χ1v) is 11.2. The summed E-state index contributed by atoms with van der Waals surface area (Å²) in [4.78, 5) is 7.14. The molecule has 156 valence electrons. The summed E-state index contributed by atoms with van der Waals surface area (Å²) in [6, 6.07) is 17.7. The van der Waals surface area contributed by atoms with Crippen molar-refractivity contribution in [3.63, 3.8) is 0 Å². The fourth-order valence-electron chi connectivity index (χ4n) is 4.29. The molecule has 0 radical (unpaired) electrons. The lowest BCUT2D eigenvalue weighted by atomic mass is 9.93.